The zero-order valence-electron chi connectivity index (χ0n) is 11.8. The second-order valence-corrected chi connectivity index (χ2v) is 7.12. The summed E-state index contributed by atoms with van der Waals surface area (Å²) in [7, 11) is 0. The van der Waals surface area contributed by atoms with Crippen LogP contribution < -0.4 is 5.32 Å². The molecule has 0 fully saturated rings. The molecule has 1 atom stereocenters. The average Bonchev–Trinajstić information content (AvgIpc) is 2.78. The SMILES string of the molecule is CCNC(c1nc(CC)c(C)s1)c1ccc(Br)cc1Cl. The van der Waals surface area contributed by atoms with Crippen LogP contribution in [-0.2, 0) is 6.42 Å². The topological polar surface area (TPSA) is 24.9 Å². The monoisotopic (exact) mass is 372 g/mol. The number of hydrogen-bond acceptors (Lipinski definition) is 3. The van der Waals surface area contributed by atoms with Gasteiger partial charge in [0.25, 0.3) is 0 Å². The molecule has 5 heteroatoms. The van der Waals surface area contributed by atoms with Gasteiger partial charge in [0, 0.05) is 14.4 Å². The molecule has 1 unspecified atom stereocenters. The second-order valence-electron chi connectivity index (χ2n) is 4.57. The lowest BCUT2D eigenvalue weighted by molar-refractivity contribution is 0.625. The molecule has 0 aliphatic carbocycles. The van der Waals surface area contributed by atoms with Crippen molar-refractivity contribution in [2.45, 2.75) is 33.2 Å². The highest BCUT2D eigenvalue weighted by atomic mass is 79.9. The van der Waals surface area contributed by atoms with Gasteiger partial charge in [0.2, 0.25) is 0 Å². The molecule has 2 rings (SSSR count). The maximum atomic E-state index is 6.40. The Morgan fingerprint density at radius 3 is 2.70 bits per heavy atom. The first kappa shape index (κ1) is 16.0. The molecule has 1 aromatic carbocycles. The summed E-state index contributed by atoms with van der Waals surface area (Å²) in [5.74, 6) is 0. The zero-order valence-corrected chi connectivity index (χ0v) is 15.0. The van der Waals surface area contributed by atoms with Gasteiger partial charge in [-0.05, 0) is 37.6 Å². The summed E-state index contributed by atoms with van der Waals surface area (Å²) in [4.78, 5) is 6.06. The van der Waals surface area contributed by atoms with E-state index in [4.69, 9.17) is 16.6 Å². The molecule has 1 aromatic heterocycles. The third-order valence-corrected chi connectivity index (χ3v) is 5.07. The molecule has 0 saturated carbocycles. The smallest absolute Gasteiger partial charge is 0.115 e. The molecule has 2 nitrogen and oxygen atoms in total. The molecule has 2 aromatic rings. The predicted octanol–water partition coefficient (Wildman–Crippen LogP) is 5.13. The van der Waals surface area contributed by atoms with E-state index in [1.54, 1.807) is 11.3 Å². The first-order valence-corrected chi connectivity index (χ1v) is 8.70. The number of aromatic nitrogens is 1. The Kier molecular flexibility index (Phi) is 5.61. The summed E-state index contributed by atoms with van der Waals surface area (Å²) in [6.45, 7) is 7.24. The molecule has 108 valence electrons. The van der Waals surface area contributed by atoms with Gasteiger partial charge < -0.3 is 5.32 Å². The summed E-state index contributed by atoms with van der Waals surface area (Å²) in [5.41, 5.74) is 2.26. The van der Waals surface area contributed by atoms with E-state index in [1.165, 1.54) is 10.6 Å². The highest BCUT2D eigenvalue weighted by Gasteiger charge is 2.20. The fourth-order valence-electron chi connectivity index (χ4n) is 2.17. The first-order valence-electron chi connectivity index (χ1n) is 6.71. The minimum absolute atomic E-state index is 0.0598. The summed E-state index contributed by atoms with van der Waals surface area (Å²) >= 11 is 11.6. The molecule has 0 radical (unpaired) electrons. The second kappa shape index (κ2) is 7.03. The lowest BCUT2D eigenvalue weighted by atomic mass is 10.1. The van der Waals surface area contributed by atoms with Crippen molar-refractivity contribution in [3.05, 3.63) is 48.8 Å². The van der Waals surface area contributed by atoms with Gasteiger partial charge in [0.05, 0.1) is 11.7 Å². The molecule has 0 spiro atoms. The van der Waals surface area contributed by atoms with E-state index in [1.807, 2.05) is 12.1 Å². The molecule has 1 N–H and O–H groups in total. The highest BCUT2D eigenvalue weighted by molar-refractivity contribution is 9.10. The fourth-order valence-corrected chi connectivity index (χ4v) is 4.06. The van der Waals surface area contributed by atoms with Crippen LogP contribution in [0.5, 0.6) is 0 Å². The number of nitrogens with zero attached hydrogens (tertiary/aromatic N) is 1. The number of thiazole rings is 1. The Morgan fingerprint density at radius 2 is 2.15 bits per heavy atom. The maximum Gasteiger partial charge on any atom is 0.115 e. The van der Waals surface area contributed by atoms with Gasteiger partial charge in [-0.15, -0.1) is 11.3 Å². The lowest BCUT2D eigenvalue weighted by Gasteiger charge is -2.17. The van der Waals surface area contributed by atoms with Crippen molar-refractivity contribution >= 4 is 38.9 Å². The van der Waals surface area contributed by atoms with E-state index in [0.717, 1.165) is 33.0 Å². The molecular weight excluding hydrogens is 356 g/mol. The summed E-state index contributed by atoms with van der Waals surface area (Å²) in [5, 5.41) is 5.34. The van der Waals surface area contributed by atoms with Crippen LogP contribution in [0, 0.1) is 6.92 Å². The van der Waals surface area contributed by atoms with Crippen LogP contribution in [0.2, 0.25) is 5.02 Å². The number of aryl methyl sites for hydroxylation is 2. The Morgan fingerprint density at radius 1 is 1.40 bits per heavy atom. The molecule has 0 amide bonds. The van der Waals surface area contributed by atoms with Gasteiger partial charge in [-0.25, -0.2) is 4.98 Å². The minimum Gasteiger partial charge on any atom is -0.304 e. The van der Waals surface area contributed by atoms with Crippen molar-refractivity contribution in [1.29, 1.82) is 0 Å². The standard InChI is InChI=1S/C15H18BrClN2S/c1-4-13-9(3)20-15(19-13)14(18-5-2)11-7-6-10(16)8-12(11)17/h6-8,14,18H,4-5H2,1-3H3. The van der Waals surface area contributed by atoms with E-state index < -0.39 is 0 Å². The average molecular weight is 374 g/mol. The Balaban J connectivity index is 2.44. The Labute approximate surface area is 137 Å². The number of hydrogen-bond donors (Lipinski definition) is 1. The molecule has 0 saturated heterocycles. The summed E-state index contributed by atoms with van der Waals surface area (Å²) < 4.78 is 0.992. The third-order valence-electron chi connectivity index (χ3n) is 3.17. The van der Waals surface area contributed by atoms with E-state index in [-0.39, 0.29) is 6.04 Å². The van der Waals surface area contributed by atoms with Crippen LogP contribution in [0.4, 0.5) is 0 Å². The van der Waals surface area contributed by atoms with E-state index in [0.29, 0.717) is 0 Å². The van der Waals surface area contributed by atoms with Gasteiger partial charge in [-0.3, -0.25) is 0 Å². The molecule has 20 heavy (non-hydrogen) atoms. The predicted molar refractivity (Wildman–Crippen MR) is 90.9 cm³/mol. The summed E-state index contributed by atoms with van der Waals surface area (Å²) in [6.07, 6.45) is 0.968. The first-order chi connectivity index (χ1) is 9.56. The van der Waals surface area contributed by atoms with Crippen LogP contribution in [-0.4, -0.2) is 11.5 Å². The summed E-state index contributed by atoms with van der Waals surface area (Å²) in [6, 6.07) is 6.07. The van der Waals surface area contributed by atoms with Crippen molar-refractivity contribution in [3.63, 3.8) is 0 Å². The van der Waals surface area contributed by atoms with E-state index in [9.17, 15) is 0 Å². The number of rotatable bonds is 5. The lowest BCUT2D eigenvalue weighted by Crippen LogP contribution is -2.22. The fraction of sp³-hybridized carbons (Fsp3) is 0.400. The minimum atomic E-state index is 0.0598. The van der Waals surface area contributed by atoms with E-state index in [2.05, 4.69) is 48.1 Å². The quantitative estimate of drug-likeness (QED) is 0.786. The number of halogens is 2. The molecular formula is C15H18BrClN2S. The van der Waals surface area contributed by atoms with Crippen LogP contribution >= 0.6 is 38.9 Å². The highest BCUT2D eigenvalue weighted by Crippen LogP contribution is 2.33. The van der Waals surface area contributed by atoms with Crippen molar-refractivity contribution in [3.8, 4) is 0 Å². The molecule has 0 aliphatic heterocycles. The van der Waals surface area contributed by atoms with Gasteiger partial charge in [0.1, 0.15) is 5.01 Å². The van der Waals surface area contributed by atoms with Crippen LogP contribution in [0.25, 0.3) is 0 Å². The van der Waals surface area contributed by atoms with Gasteiger partial charge in [-0.1, -0.05) is 47.4 Å². The third kappa shape index (κ3) is 3.42. The van der Waals surface area contributed by atoms with E-state index >= 15 is 0 Å². The number of nitrogens with one attached hydrogen (secondary N) is 1. The van der Waals surface area contributed by atoms with Crippen molar-refractivity contribution in [1.82, 2.24) is 10.3 Å². The van der Waals surface area contributed by atoms with Gasteiger partial charge >= 0.3 is 0 Å². The van der Waals surface area contributed by atoms with Crippen LogP contribution in [0.3, 0.4) is 0 Å². The Hall–Kier alpha value is -0.420. The normalized spacial score (nSPS) is 12.7. The van der Waals surface area contributed by atoms with Crippen molar-refractivity contribution < 1.29 is 0 Å². The largest absolute Gasteiger partial charge is 0.304 e. The van der Waals surface area contributed by atoms with Crippen molar-refractivity contribution in [2.75, 3.05) is 6.54 Å². The number of benzene rings is 1. The zero-order chi connectivity index (χ0) is 14.7. The molecule has 1 heterocycles. The molecule has 0 bridgehead atoms. The maximum absolute atomic E-state index is 6.40. The van der Waals surface area contributed by atoms with Crippen molar-refractivity contribution in [2.24, 2.45) is 0 Å². The van der Waals surface area contributed by atoms with Gasteiger partial charge in [0.15, 0.2) is 0 Å². The molecule has 0 aliphatic rings. The Bertz CT molecular complexity index is 598. The van der Waals surface area contributed by atoms with Crippen LogP contribution in [0.15, 0.2) is 22.7 Å². The van der Waals surface area contributed by atoms with Gasteiger partial charge in [-0.2, -0.15) is 0 Å². The van der Waals surface area contributed by atoms with Crippen LogP contribution in [0.1, 0.15) is 41.0 Å².